The Labute approximate surface area is 217 Å². The fourth-order valence-corrected chi connectivity index (χ4v) is 4.14. The van der Waals surface area contributed by atoms with Gasteiger partial charge < -0.3 is 15.2 Å². The summed E-state index contributed by atoms with van der Waals surface area (Å²) in [4.78, 5) is 37.5. The molecule has 6 rings (SSSR count). The normalized spacial score (nSPS) is 13.8. The molecule has 4 aromatic carbocycles. The summed E-state index contributed by atoms with van der Waals surface area (Å²) in [6.07, 6.45) is 0. The zero-order valence-electron chi connectivity index (χ0n) is 20.0. The van der Waals surface area contributed by atoms with Gasteiger partial charge in [0.25, 0.3) is 17.5 Å². The lowest BCUT2D eigenvalue weighted by Gasteiger charge is -2.29. The van der Waals surface area contributed by atoms with Crippen LogP contribution in [0.5, 0.6) is 11.5 Å². The molecule has 0 bridgehead atoms. The van der Waals surface area contributed by atoms with Gasteiger partial charge in [0.2, 0.25) is 0 Å². The lowest BCUT2D eigenvalue weighted by atomic mass is 10.2. The van der Waals surface area contributed by atoms with Gasteiger partial charge in [0.1, 0.15) is 5.75 Å². The third-order valence-electron chi connectivity index (χ3n) is 5.85. The molecule has 2 amide bonds. The van der Waals surface area contributed by atoms with Crippen LogP contribution in [0.3, 0.4) is 0 Å². The first-order valence-corrected chi connectivity index (χ1v) is 11.6. The topological polar surface area (TPSA) is 128 Å². The minimum Gasteiger partial charge on any atom is -0.481 e. The summed E-state index contributed by atoms with van der Waals surface area (Å²) in [5, 5.41) is 10.8. The van der Waals surface area contributed by atoms with E-state index in [0.29, 0.717) is 28.6 Å². The van der Waals surface area contributed by atoms with Crippen LogP contribution in [0.25, 0.3) is 0 Å². The number of anilines is 5. The molecule has 10 heteroatoms. The number of ether oxygens (including phenoxy) is 2. The lowest BCUT2D eigenvalue weighted by Crippen LogP contribution is -2.35. The number of carbonyl (C=O) groups is 2. The second-order valence-electron chi connectivity index (χ2n) is 8.34. The molecule has 10 nitrogen and oxygen atoms in total. The van der Waals surface area contributed by atoms with Gasteiger partial charge in [-0.25, -0.2) is 0 Å². The van der Waals surface area contributed by atoms with Crippen LogP contribution < -0.4 is 25.0 Å². The van der Waals surface area contributed by atoms with Crippen LogP contribution in [0, 0.1) is 10.1 Å². The van der Waals surface area contributed by atoms with E-state index in [2.05, 4.69) is 0 Å². The van der Waals surface area contributed by atoms with Gasteiger partial charge in [0.15, 0.2) is 19.0 Å². The highest BCUT2D eigenvalue weighted by Crippen LogP contribution is 2.39. The molecule has 0 saturated carbocycles. The Morgan fingerprint density at radius 1 is 0.684 bits per heavy atom. The van der Waals surface area contributed by atoms with Crippen LogP contribution >= 0.6 is 0 Å². The van der Waals surface area contributed by atoms with Crippen molar-refractivity contribution >= 4 is 45.9 Å². The highest BCUT2D eigenvalue weighted by atomic mass is 16.6. The molecule has 0 saturated heterocycles. The van der Waals surface area contributed by atoms with Crippen LogP contribution in [0.1, 0.15) is 0 Å². The van der Waals surface area contributed by atoms with Gasteiger partial charge >= 0.3 is 0 Å². The van der Waals surface area contributed by atoms with Gasteiger partial charge in [-0.1, -0.05) is 36.4 Å². The summed E-state index contributed by atoms with van der Waals surface area (Å²) in [6.45, 7) is -0.103. The summed E-state index contributed by atoms with van der Waals surface area (Å²) in [5.74, 6) is 0.678. The van der Waals surface area contributed by atoms with Gasteiger partial charge in [-0.05, 0) is 42.5 Å². The van der Waals surface area contributed by atoms with E-state index >= 15 is 0 Å². The number of fused-ring (bicyclic) bond motifs is 2. The van der Waals surface area contributed by atoms with Crippen molar-refractivity contribution in [1.82, 2.24) is 0 Å². The molecule has 2 aliphatic rings. The summed E-state index contributed by atoms with van der Waals surface area (Å²) in [7, 11) is 0. The van der Waals surface area contributed by atoms with E-state index in [1.54, 1.807) is 35.2 Å². The summed E-state index contributed by atoms with van der Waals surface area (Å²) >= 11 is 0. The number of benzene rings is 4. The zero-order valence-corrected chi connectivity index (χ0v) is 20.0. The van der Waals surface area contributed by atoms with Crippen molar-refractivity contribution in [2.45, 2.75) is 0 Å². The van der Waals surface area contributed by atoms with Gasteiger partial charge in [-0.2, -0.15) is 0 Å². The molecule has 0 aliphatic carbocycles. The zero-order chi connectivity index (χ0) is 26.6. The Morgan fingerprint density at radius 3 is 1.66 bits per heavy atom. The Balaban J connectivity index is 0.000000156. The average Bonchev–Trinajstić information content (AvgIpc) is 2.94. The number of nitrogen functional groups attached to an aromatic ring is 1. The summed E-state index contributed by atoms with van der Waals surface area (Å²) in [5.41, 5.74) is 9.05. The maximum absolute atomic E-state index is 12.0. The maximum Gasteiger partial charge on any atom is 0.273 e. The molecule has 0 unspecified atom stereocenters. The average molecular weight is 511 g/mol. The van der Waals surface area contributed by atoms with E-state index < -0.39 is 4.92 Å². The van der Waals surface area contributed by atoms with Crippen LogP contribution in [0.4, 0.5) is 34.1 Å². The molecule has 2 N–H and O–H groups in total. The molecular weight excluding hydrogens is 488 g/mol. The Bertz CT molecular complexity index is 1510. The van der Waals surface area contributed by atoms with E-state index in [1.165, 1.54) is 23.1 Å². The number of non-ortho nitro benzene ring substituents is 1. The number of para-hydroxylation sites is 2. The molecular formula is C28H22N4O6. The molecule has 4 aromatic rings. The summed E-state index contributed by atoms with van der Waals surface area (Å²) in [6, 6.07) is 28.1. The van der Waals surface area contributed by atoms with Gasteiger partial charge in [-0.15, -0.1) is 0 Å². The Morgan fingerprint density at radius 2 is 1.16 bits per heavy atom. The molecule has 0 fully saturated rings. The predicted molar refractivity (Wildman–Crippen MR) is 142 cm³/mol. The molecule has 190 valence electrons. The standard InChI is InChI=1S/C14H10N2O4.C14H12N2O2/c17-14-9-20-13-8-11(16(18)19)6-7-12(13)15(14)10-4-2-1-3-5-10;15-10-6-7-12-13(8-10)18-9-14(17)16(12)11-4-2-1-3-5-11/h1-8H,9H2;1-8H,9,15H2. The highest BCUT2D eigenvalue weighted by Gasteiger charge is 2.29. The first kappa shape index (κ1) is 24.3. The van der Waals surface area contributed by atoms with Gasteiger partial charge in [-0.3, -0.25) is 29.5 Å². The van der Waals surface area contributed by atoms with Gasteiger partial charge in [0, 0.05) is 29.2 Å². The first-order chi connectivity index (χ1) is 18.4. The number of carbonyl (C=O) groups excluding carboxylic acids is 2. The van der Waals surface area contributed by atoms with Crippen LogP contribution in [-0.2, 0) is 9.59 Å². The molecule has 0 atom stereocenters. The first-order valence-electron chi connectivity index (χ1n) is 11.6. The van der Waals surface area contributed by atoms with Crippen molar-refractivity contribution in [1.29, 1.82) is 0 Å². The number of nitrogens with zero attached hydrogens (tertiary/aromatic N) is 3. The minimum atomic E-state index is -0.493. The van der Waals surface area contributed by atoms with Crippen molar-refractivity contribution in [2.75, 3.05) is 28.7 Å². The van der Waals surface area contributed by atoms with E-state index in [4.69, 9.17) is 15.2 Å². The minimum absolute atomic E-state index is 0.0331. The third-order valence-corrected chi connectivity index (χ3v) is 5.85. The van der Waals surface area contributed by atoms with Crippen molar-refractivity contribution in [2.24, 2.45) is 0 Å². The van der Waals surface area contributed by atoms with Crippen molar-refractivity contribution < 1.29 is 24.0 Å². The highest BCUT2D eigenvalue weighted by molar-refractivity contribution is 6.05. The number of nitro benzene ring substituents is 1. The van der Waals surface area contributed by atoms with Crippen LogP contribution in [-0.4, -0.2) is 30.0 Å². The van der Waals surface area contributed by atoms with Crippen molar-refractivity contribution in [3.63, 3.8) is 0 Å². The smallest absolute Gasteiger partial charge is 0.273 e. The molecule has 0 aromatic heterocycles. The Hall–Kier alpha value is -5.38. The number of nitro groups is 1. The van der Waals surface area contributed by atoms with E-state index in [9.17, 15) is 19.7 Å². The van der Waals surface area contributed by atoms with E-state index in [0.717, 1.165) is 11.4 Å². The number of amides is 2. The fraction of sp³-hybridized carbons (Fsp3) is 0.0714. The second-order valence-corrected chi connectivity index (χ2v) is 8.34. The number of hydrogen-bond donors (Lipinski definition) is 1. The number of rotatable bonds is 3. The molecule has 2 aliphatic heterocycles. The summed E-state index contributed by atoms with van der Waals surface area (Å²) < 4.78 is 10.7. The quantitative estimate of drug-likeness (QED) is 0.234. The van der Waals surface area contributed by atoms with Crippen LogP contribution in [0.15, 0.2) is 97.1 Å². The van der Waals surface area contributed by atoms with Crippen LogP contribution in [0.2, 0.25) is 0 Å². The SMILES string of the molecule is Nc1ccc2c(c1)OCC(=O)N2c1ccccc1.O=C1COc2cc([N+](=O)[O-])ccc2N1c1ccccc1. The molecule has 2 heterocycles. The third kappa shape index (κ3) is 4.82. The Kier molecular flexibility index (Phi) is 6.60. The number of hydrogen-bond acceptors (Lipinski definition) is 7. The van der Waals surface area contributed by atoms with Gasteiger partial charge in [0.05, 0.1) is 22.4 Å². The molecule has 38 heavy (non-hydrogen) atoms. The predicted octanol–water partition coefficient (Wildman–Crippen LogP) is 4.98. The van der Waals surface area contributed by atoms with E-state index in [-0.39, 0.29) is 30.7 Å². The fourth-order valence-electron chi connectivity index (χ4n) is 4.14. The number of nitrogens with two attached hydrogens (primary N) is 1. The van der Waals surface area contributed by atoms with Crippen molar-refractivity contribution in [3.8, 4) is 11.5 Å². The monoisotopic (exact) mass is 510 g/mol. The largest absolute Gasteiger partial charge is 0.481 e. The van der Waals surface area contributed by atoms with E-state index in [1.807, 2.05) is 48.5 Å². The lowest BCUT2D eigenvalue weighted by molar-refractivity contribution is -0.384. The molecule has 0 spiro atoms. The second kappa shape index (κ2) is 10.3. The maximum atomic E-state index is 12.0. The van der Waals surface area contributed by atoms with Crippen molar-refractivity contribution in [3.05, 3.63) is 107 Å². The molecule has 0 radical (unpaired) electrons.